The molecule has 4 rings (SSSR count). The molecule has 0 aliphatic heterocycles. The molecule has 9 heteroatoms. The Bertz CT molecular complexity index is 1190. The van der Waals surface area contributed by atoms with Gasteiger partial charge >= 0.3 is 0 Å². The average molecular weight is 391 g/mol. The molecule has 1 N–H and O–H groups in total. The molecule has 0 aliphatic carbocycles. The molecule has 0 unspecified atom stereocenters. The fourth-order valence-corrected chi connectivity index (χ4v) is 2.77. The van der Waals surface area contributed by atoms with E-state index in [9.17, 15) is 5.11 Å². The van der Waals surface area contributed by atoms with E-state index >= 15 is 0 Å². The highest BCUT2D eigenvalue weighted by molar-refractivity contribution is 5.97. The van der Waals surface area contributed by atoms with Crippen molar-refractivity contribution < 1.29 is 9.94 Å². The van der Waals surface area contributed by atoms with Gasteiger partial charge in [-0.2, -0.15) is 0 Å². The summed E-state index contributed by atoms with van der Waals surface area (Å²) in [4.78, 5) is 18.5. The molecule has 0 amide bonds. The van der Waals surface area contributed by atoms with Gasteiger partial charge in [-0.25, -0.2) is 14.6 Å². The van der Waals surface area contributed by atoms with Gasteiger partial charge in [0.15, 0.2) is 5.65 Å². The lowest BCUT2D eigenvalue weighted by Gasteiger charge is -2.14. The van der Waals surface area contributed by atoms with Crippen LogP contribution in [0.3, 0.4) is 0 Å². The molecule has 0 spiro atoms. The predicted octanol–water partition coefficient (Wildman–Crippen LogP) is 2.33. The molecule has 0 bridgehead atoms. The third-order valence-corrected chi connectivity index (χ3v) is 4.22. The van der Waals surface area contributed by atoms with Crippen LogP contribution in [0.15, 0.2) is 47.9 Å². The first-order chi connectivity index (χ1) is 13.9. The molecule has 0 saturated carbocycles. The highest BCUT2D eigenvalue weighted by Gasteiger charge is 2.14. The minimum absolute atomic E-state index is 0.0797. The Kier molecular flexibility index (Phi) is 4.89. The van der Waals surface area contributed by atoms with Crippen molar-refractivity contribution in [2.45, 2.75) is 32.9 Å². The molecule has 0 radical (unpaired) electrons. The van der Waals surface area contributed by atoms with Crippen molar-refractivity contribution in [3.63, 3.8) is 0 Å². The van der Waals surface area contributed by atoms with Crippen LogP contribution in [-0.2, 0) is 11.4 Å². The summed E-state index contributed by atoms with van der Waals surface area (Å²) < 4.78 is 1.70. The molecule has 9 nitrogen and oxygen atoms in total. The van der Waals surface area contributed by atoms with Crippen LogP contribution in [0.1, 0.15) is 32.0 Å². The second-order valence-electron chi connectivity index (χ2n) is 7.44. The summed E-state index contributed by atoms with van der Waals surface area (Å²) in [6.45, 7) is 5.65. The van der Waals surface area contributed by atoms with E-state index in [4.69, 9.17) is 4.84 Å². The molecule has 0 fully saturated rings. The molecule has 0 saturated heterocycles. The van der Waals surface area contributed by atoms with Gasteiger partial charge in [-0.05, 0) is 44.5 Å². The van der Waals surface area contributed by atoms with Gasteiger partial charge in [0.25, 0.3) is 0 Å². The number of rotatable bonds is 6. The van der Waals surface area contributed by atoms with E-state index in [-0.39, 0.29) is 6.61 Å². The van der Waals surface area contributed by atoms with Crippen molar-refractivity contribution in [3.8, 4) is 0 Å². The van der Waals surface area contributed by atoms with Crippen molar-refractivity contribution in [1.29, 1.82) is 0 Å². The Morgan fingerprint density at radius 1 is 1.24 bits per heavy atom. The Labute approximate surface area is 167 Å². The van der Waals surface area contributed by atoms with Gasteiger partial charge in [0.2, 0.25) is 5.65 Å². The van der Waals surface area contributed by atoms with Crippen LogP contribution >= 0.6 is 0 Å². The number of fused-ring (bicyclic) bond motifs is 2. The number of aromatic nitrogens is 6. The van der Waals surface area contributed by atoms with E-state index in [1.165, 1.54) is 0 Å². The van der Waals surface area contributed by atoms with Crippen LogP contribution in [0.5, 0.6) is 0 Å². The second-order valence-corrected chi connectivity index (χ2v) is 7.44. The molecular weight excluding hydrogens is 370 g/mol. The summed E-state index contributed by atoms with van der Waals surface area (Å²) in [6.07, 6.45) is 3.36. The van der Waals surface area contributed by atoms with Crippen LogP contribution in [0.2, 0.25) is 0 Å². The molecule has 0 atom stereocenters. The Morgan fingerprint density at radius 2 is 2.10 bits per heavy atom. The molecule has 148 valence electrons. The lowest BCUT2D eigenvalue weighted by atomic mass is 10.1. The fraction of sp³-hybridized carbons (Fsp3) is 0.300. The summed E-state index contributed by atoms with van der Waals surface area (Å²) in [5, 5.41) is 23.1. The van der Waals surface area contributed by atoms with Crippen molar-refractivity contribution >= 4 is 27.9 Å². The smallest absolute Gasteiger partial charge is 0.221 e. The SMILES string of the molecule is CC(=NOCC(C)(C)O)c1cnc2nnn(Cc3ccc4ncccc4c3)c2n1. The van der Waals surface area contributed by atoms with Crippen LogP contribution in [0.4, 0.5) is 0 Å². The highest BCUT2D eigenvalue weighted by Crippen LogP contribution is 2.16. The third kappa shape index (κ3) is 4.35. The van der Waals surface area contributed by atoms with E-state index in [0.29, 0.717) is 29.2 Å². The van der Waals surface area contributed by atoms with Gasteiger partial charge in [-0.15, -0.1) is 5.10 Å². The number of hydrogen-bond acceptors (Lipinski definition) is 8. The van der Waals surface area contributed by atoms with Crippen LogP contribution in [0.25, 0.3) is 22.2 Å². The van der Waals surface area contributed by atoms with E-state index in [2.05, 4.69) is 36.5 Å². The largest absolute Gasteiger partial charge is 0.392 e. The molecule has 4 aromatic rings. The third-order valence-electron chi connectivity index (χ3n) is 4.22. The van der Waals surface area contributed by atoms with Gasteiger partial charge in [0.1, 0.15) is 18.0 Å². The van der Waals surface area contributed by atoms with Crippen LogP contribution in [0, 0.1) is 0 Å². The number of nitrogens with zero attached hydrogens (tertiary/aromatic N) is 7. The topological polar surface area (TPSA) is 111 Å². The number of aliphatic hydroxyl groups is 1. The maximum atomic E-state index is 9.71. The number of oxime groups is 1. The van der Waals surface area contributed by atoms with Gasteiger partial charge in [-0.3, -0.25) is 4.98 Å². The molecule has 29 heavy (non-hydrogen) atoms. The maximum Gasteiger partial charge on any atom is 0.221 e. The number of benzene rings is 1. The van der Waals surface area contributed by atoms with Crippen molar-refractivity contribution in [2.75, 3.05) is 6.61 Å². The quantitative estimate of drug-likeness (QED) is 0.397. The highest BCUT2D eigenvalue weighted by atomic mass is 16.6. The summed E-state index contributed by atoms with van der Waals surface area (Å²) in [5.41, 5.74) is 3.17. The summed E-state index contributed by atoms with van der Waals surface area (Å²) in [5.74, 6) is 0. The Hall–Kier alpha value is -3.46. The number of pyridine rings is 1. The first-order valence-electron chi connectivity index (χ1n) is 9.18. The molecular formula is C20H21N7O2. The van der Waals surface area contributed by atoms with Crippen molar-refractivity contribution in [3.05, 3.63) is 54.0 Å². The minimum atomic E-state index is -0.961. The summed E-state index contributed by atoms with van der Waals surface area (Å²) in [7, 11) is 0. The number of hydrogen-bond donors (Lipinski definition) is 1. The predicted molar refractivity (Wildman–Crippen MR) is 108 cm³/mol. The molecule has 1 aromatic carbocycles. The zero-order chi connectivity index (χ0) is 20.4. The molecule has 3 heterocycles. The van der Waals surface area contributed by atoms with Crippen LogP contribution < -0.4 is 0 Å². The van der Waals surface area contributed by atoms with Crippen LogP contribution in [-0.4, -0.2) is 53.0 Å². The second kappa shape index (κ2) is 7.51. The molecule has 3 aromatic heterocycles. The van der Waals surface area contributed by atoms with Crippen molar-refractivity contribution in [1.82, 2.24) is 29.9 Å². The zero-order valence-corrected chi connectivity index (χ0v) is 16.4. The Morgan fingerprint density at radius 3 is 2.93 bits per heavy atom. The van der Waals surface area contributed by atoms with Crippen molar-refractivity contribution in [2.24, 2.45) is 5.16 Å². The van der Waals surface area contributed by atoms with Gasteiger partial charge < -0.3 is 9.94 Å². The minimum Gasteiger partial charge on any atom is -0.392 e. The maximum absolute atomic E-state index is 9.71. The monoisotopic (exact) mass is 391 g/mol. The van der Waals surface area contributed by atoms with E-state index < -0.39 is 5.60 Å². The van der Waals surface area contributed by atoms with E-state index in [1.807, 2.05) is 24.3 Å². The first kappa shape index (κ1) is 18.9. The van der Waals surface area contributed by atoms with E-state index in [0.717, 1.165) is 16.5 Å². The standard InChI is InChI=1S/C20H21N7O2/c1-13(25-29-12-20(2,3)28)17-10-22-18-19(23-17)27(26-24-18)11-14-6-7-16-15(9-14)5-4-8-21-16/h4-10,28H,11-12H2,1-3H3. The van der Waals surface area contributed by atoms with Gasteiger partial charge in [0, 0.05) is 11.6 Å². The van der Waals surface area contributed by atoms with E-state index in [1.54, 1.807) is 37.8 Å². The summed E-state index contributed by atoms with van der Waals surface area (Å²) >= 11 is 0. The average Bonchev–Trinajstić information content (AvgIpc) is 3.09. The lowest BCUT2D eigenvalue weighted by Crippen LogP contribution is -2.25. The fourth-order valence-electron chi connectivity index (χ4n) is 2.77. The molecule has 0 aliphatic rings. The lowest BCUT2D eigenvalue weighted by molar-refractivity contribution is -0.0190. The normalized spacial score (nSPS) is 12.6. The van der Waals surface area contributed by atoms with Gasteiger partial charge in [0.05, 0.1) is 23.9 Å². The van der Waals surface area contributed by atoms with Gasteiger partial charge in [-0.1, -0.05) is 22.5 Å². The summed E-state index contributed by atoms with van der Waals surface area (Å²) in [6, 6.07) is 10.0. The Balaban J connectivity index is 1.60. The first-order valence-corrected chi connectivity index (χ1v) is 9.18. The zero-order valence-electron chi connectivity index (χ0n) is 16.4.